The molecule has 2 fully saturated rings. The molecule has 0 aromatic carbocycles. The Morgan fingerprint density at radius 2 is 2.11 bits per heavy atom. The molecule has 1 amide bonds. The number of carbonyl (C=O) groups is 1. The van der Waals surface area contributed by atoms with Crippen LogP contribution in [-0.4, -0.2) is 56.5 Å². The Morgan fingerprint density at radius 1 is 1.37 bits per heavy atom. The highest BCUT2D eigenvalue weighted by molar-refractivity contribution is 5.67. The summed E-state index contributed by atoms with van der Waals surface area (Å²) in [7, 11) is 1.44. The van der Waals surface area contributed by atoms with Gasteiger partial charge in [-0.25, -0.2) is 4.79 Å². The Hall–Kier alpha value is -0.810. The molecule has 110 valence electrons. The molecule has 0 unspecified atom stereocenters. The minimum atomic E-state index is -0.202. The van der Waals surface area contributed by atoms with Crippen molar-refractivity contribution in [1.29, 1.82) is 0 Å². The lowest BCUT2D eigenvalue weighted by Crippen LogP contribution is -2.49. The van der Waals surface area contributed by atoms with E-state index in [4.69, 9.17) is 9.47 Å². The average molecular weight is 270 g/mol. The average Bonchev–Trinajstić information content (AvgIpc) is 2.48. The Balaban J connectivity index is 1.71. The van der Waals surface area contributed by atoms with Crippen LogP contribution in [-0.2, 0) is 9.47 Å². The lowest BCUT2D eigenvalue weighted by molar-refractivity contribution is 0.0381. The predicted octanol–water partition coefficient (Wildman–Crippen LogP) is 1.62. The first-order valence-corrected chi connectivity index (χ1v) is 7.37. The number of amides is 1. The Kier molecular flexibility index (Phi) is 5.45. The standard InChI is InChI=1S/C14H26N2O3/c1-11(12-4-3-9-19-10-12)15-13-5-7-16(8-6-13)14(17)18-2/h11-13,15H,3-10H2,1-2H3/t11-,12-/m1/s1. The first-order chi connectivity index (χ1) is 9.20. The smallest absolute Gasteiger partial charge is 0.409 e. The topological polar surface area (TPSA) is 50.8 Å². The number of nitrogens with one attached hydrogen (secondary N) is 1. The van der Waals surface area contributed by atoms with E-state index in [1.54, 1.807) is 4.90 Å². The van der Waals surface area contributed by atoms with Crippen molar-refractivity contribution in [2.75, 3.05) is 33.4 Å². The third-order valence-corrected chi connectivity index (χ3v) is 4.33. The normalized spacial score (nSPS) is 27.1. The van der Waals surface area contributed by atoms with Crippen LogP contribution >= 0.6 is 0 Å². The molecule has 19 heavy (non-hydrogen) atoms. The van der Waals surface area contributed by atoms with Gasteiger partial charge >= 0.3 is 6.09 Å². The van der Waals surface area contributed by atoms with E-state index >= 15 is 0 Å². The number of rotatable bonds is 3. The maximum atomic E-state index is 11.4. The third kappa shape index (κ3) is 4.08. The summed E-state index contributed by atoms with van der Waals surface area (Å²) in [5, 5.41) is 3.71. The summed E-state index contributed by atoms with van der Waals surface area (Å²) in [4.78, 5) is 13.2. The highest BCUT2D eigenvalue weighted by atomic mass is 16.5. The SMILES string of the molecule is COC(=O)N1CCC(N[C@H](C)[C@@H]2CCCOC2)CC1. The molecule has 1 N–H and O–H groups in total. The second-order valence-electron chi connectivity index (χ2n) is 5.66. The van der Waals surface area contributed by atoms with Gasteiger partial charge in [0, 0.05) is 31.8 Å². The van der Waals surface area contributed by atoms with Gasteiger partial charge in [-0.15, -0.1) is 0 Å². The van der Waals surface area contributed by atoms with Crippen molar-refractivity contribution in [1.82, 2.24) is 10.2 Å². The molecule has 0 aromatic rings. The molecule has 5 nitrogen and oxygen atoms in total. The van der Waals surface area contributed by atoms with Gasteiger partial charge in [0.25, 0.3) is 0 Å². The summed E-state index contributed by atoms with van der Waals surface area (Å²) in [5.74, 6) is 0.632. The summed E-state index contributed by atoms with van der Waals surface area (Å²) in [6, 6.07) is 1.01. The van der Waals surface area contributed by atoms with E-state index in [1.807, 2.05) is 0 Å². The summed E-state index contributed by atoms with van der Waals surface area (Å²) in [6.07, 6.45) is 4.25. The first kappa shape index (κ1) is 14.6. The van der Waals surface area contributed by atoms with Gasteiger partial charge in [0.15, 0.2) is 0 Å². The number of nitrogens with zero attached hydrogens (tertiary/aromatic N) is 1. The van der Waals surface area contributed by atoms with E-state index in [0.717, 1.165) is 39.1 Å². The van der Waals surface area contributed by atoms with Crippen LogP contribution in [0.5, 0.6) is 0 Å². The molecule has 2 aliphatic rings. The third-order valence-electron chi connectivity index (χ3n) is 4.33. The zero-order valence-electron chi connectivity index (χ0n) is 12.1. The predicted molar refractivity (Wildman–Crippen MR) is 73.1 cm³/mol. The van der Waals surface area contributed by atoms with Crippen LogP contribution in [0, 0.1) is 5.92 Å². The summed E-state index contributed by atoms with van der Waals surface area (Å²) < 4.78 is 10.3. The van der Waals surface area contributed by atoms with Crippen molar-refractivity contribution in [2.45, 2.75) is 44.7 Å². The Bertz CT molecular complexity index is 284. The molecule has 0 saturated carbocycles. The molecule has 0 spiro atoms. The molecule has 5 heteroatoms. The fraction of sp³-hybridized carbons (Fsp3) is 0.929. The summed E-state index contributed by atoms with van der Waals surface area (Å²) >= 11 is 0. The monoisotopic (exact) mass is 270 g/mol. The van der Waals surface area contributed by atoms with Gasteiger partial charge in [-0.1, -0.05) is 0 Å². The molecule has 0 aromatic heterocycles. The molecular formula is C14H26N2O3. The van der Waals surface area contributed by atoms with Gasteiger partial charge in [-0.05, 0) is 38.5 Å². The van der Waals surface area contributed by atoms with E-state index in [-0.39, 0.29) is 6.09 Å². The maximum absolute atomic E-state index is 11.4. The van der Waals surface area contributed by atoms with Crippen LogP contribution in [0.1, 0.15) is 32.6 Å². The second kappa shape index (κ2) is 7.10. The number of piperidine rings is 1. The number of ether oxygens (including phenoxy) is 2. The van der Waals surface area contributed by atoms with E-state index < -0.39 is 0 Å². The number of likely N-dealkylation sites (tertiary alicyclic amines) is 1. The first-order valence-electron chi connectivity index (χ1n) is 7.37. The zero-order valence-corrected chi connectivity index (χ0v) is 12.1. The molecule has 0 aliphatic carbocycles. The van der Waals surface area contributed by atoms with Crippen LogP contribution in [0.4, 0.5) is 4.79 Å². The Morgan fingerprint density at radius 3 is 2.68 bits per heavy atom. The number of hydrogen-bond acceptors (Lipinski definition) is 4. The highest BCUT2D eigenvalue weighted by Gasteiger charge is 2.27. The molecule has 2 atom stereocenters. The molecule has 0 bridgehead atoms. The van der Waals surface area contributed by atoms with E-state index in [9.17, 15) is 4.79 Å². The highest BCUT2D eigenvalue weighted by Crippen LogP contribution is 2.19. The molecule has 2 saturated heterocycles. The van der Waals surface area contributed by atoms with Gasteiger partial charge in [0.05, 0.1) is 13.7 Å². The number of hydrogen-bond donors (Lipinski definition) is 1. The molecule has 2 heterocycles. The van der Waals surface area contributed by atoms with Crippen molar-refractivity contribution in [3.05, 3.63) is 0 Å². The van der Waals surface area contributed by atoms with Crippen molar-refractivity contribution in [3.8, 4) is 0 Å². The van der Waals surface area contributed by atoms with E-state index in [0.29, 0.717) is 18.0 Å². The molecule has 2 aliphatic heterocycles. The maximum Gasteiger partial charge on any atom is 0.409 e. The minimum absolute atomic E-state index is 0.202. The fourth-order valence-electron chi connectivity index (χ4n) is 3.03. The molecular weight excluding hydrogens is 244 g/mol. The van der Waals surface area contributed by atoms with Gasteiger partial charge in [-0.2, -0.15) is 0 Å². The minimum Gasteiger partial charge on any atom is -0.453 e. The van der Waals surface area contributed by atoms with Crippen molar-refractivity contribution >= 4 is 6.09 Å². The van der Waals surface area contributed by atoms with Crippen LogP contribution in [0.25, 0.3) is 0 Å². The Labute approximate surface area is 115 Å². The zero-order chi connectivity index (χ0) is 13.7. The lowest BCUT2D eigenvalue weighted by Gasteiger charge is -2.36. The number of methoxy groups -OCH3 is 1. The van der Waals surface area contributed by atoms with Crippen LogP contribution < -0.4 is 5.32 Å². The van der Waals surface area contributed by atoms with E-state index in [2.05, 4.69) is 12.2 Å². The van der Waals surface area contributed by atoms with Crippen LogP contribution in [0.3, 0.4) is 0 Å². The van der Waals surface area contributed by atoms with Gasteiger partial charge in [-0.3, -0.25) is 0 Å². The van der Waals surface area contributed by atoms with Crippen molar-refractivity contribution in [2.24, 2.45) is 5.92 Å². The quantitative estimate of drug-likeness (QED) is 0.846. The van der Waals surface area contributed by atoms with E-state index in [1.165, 1.54) is 20.0 Å². The largest absolute Gasteiger partial charge is 0.453 e. The van der Waals surface area contributed by atoms with Gasteiger partial charge in [0.2, 0.25) is 0 Å². The van der Waals surface area contributed by atoms with Crippen molar-refractivity contribution < 1.29 is 14.3 Å². The number of carbonyl (C=O) groups excluding carboxylic acids is 1. The fourth-order valence-corrected chi connectivity index (χ4v) is 3.03. The second-order valence-corrected chi connectivity index (χ2v) is 5.66. The van der Waals surface area contributed by atoms with Crippen molar-refractivity contribution in [3.63, 3.8) is 0 Å². The molecule has 2 rings (SSSR count). The summed E-state index contributed by atoms with van der Waals surface area (Å²) in [6.45, 7) is 5.64. The van der Waals surface area contributed by atoms with Gasteiger partial charge < -0.3 is 19.7 Å². The van der Waals surface area contributed by atoms with Gasteiger partial charge in [0.1, 0.15) is 0 Å². The lowest BCUT2D eigenvalue weighted by atomic mass is 9.93. The summed E-state index contributed by atoms with van der Waals surface area (Å²) in [5.41, 5.74) is 0. The van der Waals surface area contributed by atoms with Crippen LogP contribution in [0.15, 0.2) is 0 Å². The molecule has 0 radical (unpaired) electrons. The van der Waals surface area contributed by atoms with Crippen LogP contribution in [0.2, 0.25) is 0 Å².